The Hall–Kier alpha value is -2.50. The normalized spacial score (nSPS) is 10.9. The van der Waals surface area contributed by atoms with Crippen molar-refractivity contribution in [3.05, 3.63) is 71.8 Å². The Labute approximate surface area is 180 Å². The summed E-state index contributed by atoms with van der Waals surface area (Å²) in [7, 11) is 0. The lowest BCUT2D eigenvalue weighted by Crippen LogP contribution is -2.43. The van der Waals surface area contributed by atoms with E-state index in [-0.39, 0.29) is 30.7 Å². The van der Waals surface area contributed by atoms with Crippen LogP contribution in [-0.2, 0) is 9.59 Å². The molecule has 2 aromatic rings. The zero-order valence-corrected chi connectivity index (χ0v) is 18.1. The molecule has 0 aliphatic carbocycles. The van der Waals surface area contributed by atoms with E-state index >= 15 is 0 Å². The molecule has 0 radical (unpaired) electrons. The van der Waals surface area contributed by atoms with E-state index in [0.29, 0.717) is 26.1 Å². The molecule has 3 N–H and O–H groups in total. The fourth-order valence-corrected chi connectivity index (χ4v) is 3.45. The second kappa shape index (κ2) is 13.7. The first-order valence-corrected chi connectivity index (χ1v) is 11.0. The van der Waals surface area contributed by atoms with Gasteiger partial charge in [0, 0.05) is 18.9 Å². The van der Waals surface area contributed by atoms with Crippen LogP contribution in [0.4, 0.5) is 0 Å². The summed E-state index contributed by atoms with van der Waals surface area (Å²) in [6, 6.07) is 20.4. The van der Waals surface area contributed by atoms with E-state index in [0.717, 1.165) is 30.4 Å². The molecule has 5 nitrogen and oxygen atoms in total. The molecule has 0 aromatic heterocycles. The lowest BCUT2D eigenvalue weighted by Gasteiger charge is -2.28. The fourth-order valence-electron chi connectivity index (χ4n) is 3.45. The van der Waals surface area contributed by atoms with Crippen LogP contribution in [0.25, 0.3) is 0 Å². The summed E-state index contributed by atoms with van der Waals surface area (Å²) in [5.41, 5.74) is 7.81. The van der Waals surface area contributed by atoms with Crippen molar-refractivity contribution in [2.24, 2.45) is 5.73 Å². The van der Waals surface area contributed by atoms with Gasteiger partial charge in [-0.1, -0.05) is 74.0 Å². The van der Waals surface area contributed by atoms with E-state index in [1.807, 2.05) is 36.4 Å². The maximum absolute atomic E-state index is 13.0. The number of carbonyl (C=O) groups is 2. The van der Waals surface area contributed by atoms with Gasteiger partial charge in [0.2, 0.25) is 5.91 Å². The lowest BCUT2D eigenvalue weighted by molar-refractivity contribution is -0.134. The topological polar surface area (TPSA) is 75.4 Å². The Morgan fingerprint density at radius 3 is 2.10 bits per heavy atom. The summed E-state index contributed by atoms with van der Waals surface area (Å²) in [5, 5.41) is 3.15. The molecule has 0 spiro atoms. The number of hydrogen-bond acceptors (Lipinski definition) is 4. The summed E-state index contributed by atoms with van der Waals surface area (Å²) >= 11 is 0. The Bertz CT molecular complexity index is 710. The highest BCUT2D eigenvalue weighted by atomic mass is 16.2. The van der Waals surface area contributed by atoms with Crippen molar-refractivity contribution in [1.82, 2.24) is 10.2 Å². The first-order valence-electron chi connectivity index (χ1n) is 11.0. The second-order valence-corrected chi connectivity index (χ2v) is 7.61. The Balaban J connectivity index is 2.20. The summed E-state index contributed by atoms with van der Waals surface area (Å²) < 4.78 is 0. The van der Waals surface area contributed by atoms with Crippen LogP contribution in [0.2, 0.25) is 0 Å². The second-order valence-electron chi connectivity index (χ2n) is 7.61. The minimum atomic E-state index is -0.0475. The van der Waals surface area contributed by atoms with Gasteiger partial charge in [-0.25, -0.2) is 0 Å². The van der Waals surface area contributed by atoms with Crippen LogP contribution in [-0.4, -0.2) is 49.3 Å². The molecule has 0 saturated carbocycles. The molecule has 30 heavy (non-hydrogen) atoms. The van der Waals surface area contributed by atoms with Crippen molar-refractivity contribution in [3.8, 4) is 0 Å². The largest absolute Gasteiger partial charge is 0.333 e. The van der Waals surface area contributed by atoms with Crippen molar-refractivity contribution in [2.75, 3.05) is 32.7 Å². The SMILES string of the molecule is CCCCC(=O)CN(CC(c1ccccc1)c1ccccc1)C(=O)CNCCCN. The maximum atomic E-state index is 13.0. The Kier molecular flexibility index (Phi) is 10.8. The number of benzene rings is 2. The lowest BCUT2D eigenvalue weighted by atomic mass is 9.90. The van der Waals surface area contributed by atoms with E-state index < -0.39 is 0 Å². The summed E-state index contributed by atoms with van der Waals surface area (Å²) in [6.07, 6.45) is 3.16. The van der Waals surface area contributed by atoms with Crippen LogP contribution in [0.1, 0.15) is 49.7 Å². The fraction of sp³-hybridized carbons (Fsp3) is 0.440. The first-order chi connectivity index (χ1) is 14.7. The number of carbonyl (C=O) groups excluding carboxylic acids is 2. The highest BCUT2D eigenvalue weighted by Crippen LogP contribution is 2.25. The first kappa shape index (κ1) is 23.8. The molecule has 0 fully saturated rings. The monoisotopic (exact) mass is 409 g/mol. The molecule has 5 heteroatoms. The number of rotatable bonds is 14. The van der Waals surface area contributed by atoms with Crippen LogP contribution in [0, 0.1) is 0 Å². The molecule has 0 bridgehead atoms. The number of nitrogens with one attached hydrogen (secondary N) is 1. The Morgan fingerprint density at radius 2 is 1.57 bits per heavy atom. The van der Waals surface area contributed by atoms with Gasteiger partial charge in [0.15, 0.2) is 5.78 Å². The number of ketones is 1. The minimum absolute atomic E-state index is 0.0133. The molecule has 0 aliphatic rings. The zero-order valence-electron chi connectivity index (χ0n) is 18.1. The van der Waals surface area contributed by atoms with Crippen LogP contribution < -0.4 is 11.1 Å². The predicted molar refractivity (Wildman–Crippen MR) is 122 cm³/mol. The molecular weight excluding hydrogens is 374 g/mol. The molecule has 0 atom stereocenters. The standard InChI is InChI=1S/C25H35N3O2/c1-2-3-15-23(29)19-28(25(30)18-27-17-10-16-26)20-24(21-11-6-4-7-12-21)22-13-8-5-9-14-22/h4-9,11-14,24,27H,2-3,10,15-20,26H2,1H3. The molecule has 1 amide bonds. The van der Waals surface area contributed by atoms with E-state index in [4.69, 9.17) is 5.73 Å². The molecular formula is C25H35N3O2. The van der Waals surface area contributed by atoms with Crippen molar-refractivity contribution in [2.45, 2.75) is 38.5 Å². The molecule has 2 aromatic carbocycles. The Morgan fingerprint density at radius 1 is 0.967 bits per heavy atom. The predicted octanol–water partition coefficient (Wildman–Crippen LogP) is 3.34. The van der Waals surface area contributed by atoms with E-state index in [1.54, 1.807) is 4.90 Å². The number of nitrogens with zero attached hydrogens (tertiary/aromatic N) is 1. The summed E-state index contributed by atoms with van der Waals surface area (Å²) in [5.74, 6) is 0.0835. The van der Waals surface area contributed by atoms with Crippen LogP contribution >= 0.6 is 0 Å². The molecule has 0 aliphatic heterocycles. The molecule has 2 rings (SSSR count). The highest BCUT2D eigenvalue weighted by molar-refractivity contribution is 5.87. The number of hydrogen-bond donors (Lipinski definition) is 2. The van der Waals surface area contributed by atoms with Gasteiger partial charge >= 0.3 is 0 Å². The van der Waals surface area contributed by atoms with Gasteiger partial charge < -0.3 is 16.0 Å². The third-order valence-corrected chi connectivity index (χ3v) is 5.17. The molecule has 0 heterocycles. The summed E-state index contributed by atoms with van der Waals surface area (Å²) in [4.78, 5) is 27.2. The highest BCUT2D eigenvalue weighted by Gasteiger charge is 2.23. The van der Waals surface area contributed by atoms with Crippen LogP contribution in [0.3, 0.4) is 0 Å². The van der Waals surface area contributed by atoms with Crippen molar-refractivity contribution in [1.29, 1.82) is 0 Å². The average Bonchev–Trinajstić information content (AvgIpc) is 2.79. The van der Waals surface area contributed by atoms with E-state index in [9.17, 15) is 9.59 Å². The summed E-state index contributed by atoms with van der Waals surface area (Å²) in [6.45, 7) is 4.21. The average molecular weight is 410 g/mol. The van der Waals surface area contributed by atoms with E-state index in [2.05, 4.69) is 36.5 Å². The van der Waals surface area contributed by atoms with Gasteiger partial charge in [-0.15, -0.1) is 0 Å². The maximum Gasteiger partial charge on any atom is 0.236 e. The van der Waals surface area contributed by atoms with Gasteiger partial charge in [-0.3, -0.25) is 9.59 Å². The zero-order chi connectivity index (χ0) is 21.6. The number of unbranched alkanes of at least 4 members (excludes halogenated alkanes) is 1. The van der Waals surface area contributed by atoms with Gasteiger partial charge in [-0.05, 0) is 37.1 Å². The molecule has 0 unspecified atom stereocenters. The third kappa shape index (κ3) is 8.09. The minimum Gasteiger partial charge on any atom is -0.333 e. The van der Waals surface area contributed by atoms with Gasteiger partial charge in [0.1, 0.15) is 0 Å². The number of nitrogens with two attached hydrogens (primary N) is 1. The van der Waals surface area contributed by atoms with Gasteiger partial charge in [0.05, 0.1) is 13.1 Å². The van der Waals surface area contributed by atoms with Crippen molar-refractivity contribution >= 4 is 11.7 Å². The number of amides is 1. The smallest absolute Gasteiger partial charge is 0.236 e. The van der Waals surface area contributed by atoms with Gasteiger partial charge in [-0.2, -0.15) is 0 Å². The van der Waals surface area contributed by atoms with Gasteiger partial charge in [0.25, 0.3) is 0 Å². The van der Waals surface area contributed by atoms with Crippen molar-refractivity contribution in [3.63, 3.8) is 0 Å². The van der Waals surface area contributed by atoms with Crippen LogP contribution in [0.15, 0.2) is 60.7 Å². The number of Topliss-reactive ketones (excluding diaryl/α,β-unsaturated/α-hetero) is 1. The quantitative estimate of drug-likeness (QED) is 0.469. The van der Waals surface area contributed by atoms with E-state index in [1.165, 1.54) is 0 Å². The molecule has 162 valence electrons. The van der Waals surface area contributed by atoms with Crippen molar-refractivity contribution < 1.29 is 9.59 Å². The molecule has 0 saturated heterocycles. The third-order valence-electron chi connectivity index (χ3n) is 5.17. The van der Waals surface area contributed by atoms with Crippen LogP contribution in [0.5, 0.6) is 0 Å².